The molecule has 0 spiro atoms. The standard InChI is InChI=1S/C21H18F2N2O4/c1-25-10-9-14(11-19(25)26)20(27)24-15-5-8-18(29-21(22)23)17(12-15)13-3-6-16(28-2)7-4-13/h3-12,21H,1-2H3,(H,24,27). The number of aryl methyl sites for hydroxylation is 1. The molecule has 0 saturated heterocycles. The zero-order chi connectivity index (χ0) is 21.0. The van der Waals surface area contributed by atoms with E-state index in [1.54, 1.807) is 31.3 Å². The molecule has 0 aliphatic heterocycles. The lowest BCUT2D eigenvalue weighted by atomic mass is 10.0. The van der Waals surface area contributed by atoms with E-state index in [1.165, 1.54) is 48.2 Å². The highest BCUT2D eigenvalue weighted by molar-refractivity contribution is 6.04. The van der Waals surface area contributed by atoms with Gasteiger partial charge in [0.15, 0.2) is 0 Å². The van der Waals surface area contributed by atoms with Gasteiger partial charge in [-0.15, -0.1) is 0 Å². The van der Waals surface area contributed by atoms with E-state index < -0.39 is 12.5 Å². The number of hydrogen-bond acceptors (Lipinski definition) is 4. The SMILES string of the molecule is COc1ccc(-c2cc(NC(=O)c3ccn(C)c(=O)c3)ccc2OC(F)F)cc1. The Bertz CT molecular complexity index is 1080. The molecule has 3 rings (SSSR count). The predicted molar refractivity (Wildman–Crippen MR) is 105 cm³/mol. The van der Waals surface area contributed by atoms with Crippen LogP contribution in [0.4, 0.5) is 14.5 Å². The van der Waals surface area contributed by atoms with Crippen molar-refractivity contribution >= 4 is 11.6 Å². The topological polar surface area (TPSA) is 69.6 Å². The summed E-state index contributed by atoms with van der Waals surface area (Å²) in [4.78, 5) is 24.2. The zero-order valence-electron chi connectivity index (χ0n) is 15.7. The Morgan fingerprint density at radius 1 is 1.07 bits per heavy atom. The minimum Gasteiger partial charge on any atom is -0.497 e. The maximum absolute atomic E-state index is 12.8. The maximum atomic E-state index is 12.8. The summed E-state index contributed by atoms with van der Waals surface area (Å²) in [6, 6.07) is 13.8. The van der Waals surface area contributed by atoms with Gasteiger partial charge < -0.3 is 19.4 Å². The van der Waals surface area contributed by atoms with E-state index in [2.05, 4.69) is 10.1 Å². The van der Waals surface area contributed by atoms with Gasteiger partial charge in [-0.3, -0.25) is 9.59 Å². The Labute approximate surface area is 165 Å². The molecule has 150 valence electrons. The van der Waals surface area contributed by atoms with Crippen LogP contribution in [0.1, 0.15) is 10.4 Å². The summed E-state index contributed by atoms with van der Waals surface area (Å²) >= 11 is 0. The van der Waals surface area contributed by atoms with Gasteiger partial charge in [0.2, 0.25) is 0 Å². The van der Waals surface area contributed by atoms with Gasteiger partial charge in [-0.25, -0.2) is 0 Å². The number of nitrogens with one attached hydrogen (secondary N) is 1. The Balaban J connectivity index is 1.94. The molecule has 8 heteroatoms. The highest BCUT2D eigenvalue weighted by Gasteiger charge is 2.14. The summed E-state index contributed by atoms with van der Waals surface area (Å²) in [6.45, 7) is -2.99. The number of benzene rings is 2. The van der Waals surface area contributed by atoms with Gasteiger partial charge in [-0.2, -0.15) is 8.78 Å². The van der Waals surface area contributed by atoms with Gasteiger partial charge in [0.05, 0.1) is 7.11 Å². The first-order valence-electron chi connectivity index (χ1n) is 8.58. The van der Waals surface area contributed by atoms with Crippen LogP contribution < -0.4 is 20.3 Å². The lowest BCUT2D eigenvalue weighted by Crippen LogP contribution is -2.20. The fourth-order valence-electron chi connectivity index (χ4n) is 2.70. The minimum atomic E-state index is -2.99. The van der Waals surface area contributed by atoms with Crippen molar-refractivity contribution in [3.05, 3.63) is 76.7 Å². The molecule has 0 saturated carbocycles. The van der Waals surface area contributed by atoms with Gasteiger partial charge in [0, 0.05) is 36.1 Å². The number of amides is 1. The van der Waals surface area contributed by atoms with Gasteiger partial charge in [0.1, 0.15) is 11.5 Å². The van der Waals surface area contributed by atoms with Crippen LogP contribution in [0.15, 0.2) is 65.6 Å². The van der Waals surface area contributed by atoms with E-state index in [0.29, 0.717) is 22.6 Å². The van der Waals surface area contributed by atoms with Crippen molar-refractivity contribution in [2.75, 3.05) is 12.4 Å². The number of rotatable bonds is 6. The van der Waals surface area contributed by atoms with Crippen LogP contribution in [-0.4, -0.2) is 24.2 Å². The number of halogens is 2. The van der Waals surface area contributed by atoms with E-state index in [9.17, 15) is 18.4 Å². The molecule has 0 fully saturated rings. The number of pyridine rings is 1. The van der Waals surface area contributed by atoms with Crippen molar-refractivity contribution < 1.29 is 23.0 Å². The number of anilines is 1. The smallest absolute Gasteiger partial charge is 0.387 e. The second kappa shape index (κ2) is 8.55. The number of alkyl halides is 2. The predicted octanol–water partition coefficient (Wildman–Crippen LogP) is 3.91. The van der Waals surface area contributed by atoms with Gasteiger partial charge in [-0.05, 0) is 42.0 Å². The second-order valence-electron chi connectivity index (χ2n) is 6.14. The summed E-state index contributed by atoms with van der Waals surface area (Å²) in [5.74, 6) is 0.0860. The first-order chi connectivity index (χ1) is 13.9. The zero-order valence-corrected chi connectivity index (χ0v) is 15.7. The van der Waals surface area contributed by atoms with Gasteiger partial charge in [0.25, 0.3) is 11.5 Å². The molecule has 6 nitrogen and oxygen atoms in total. The van der Waals surface area contributed by atoms with Crippen molar-refractivity contribution in [1.29, 1.82) is 0 Å². The average Bonchev–Trinajstić information content (AvgIpc) is 2.71. The van der Waals surface area contributed by atoms with Crippen molar-refractivity contribution in [3.8, 4) is 22.6 Å². The van der Waals surface area contributed by atoms with Crippen molar-refractivity contribution in [3.63, 3.8) is 0 Å². The largest absolute Gasteiger partial charge is 0.497 e. The second-order valence-corrected chi connectivity index (χ2v) is 6.14. The minimum absolute atomic E-state index is 0.0308. The van der Waals surface area contributed by atoms with E-state index >= 15 is 0 Å². The Hall–Kier alpha value is -3.68. The Kier molecular flexibility index (Phi) is 5.92. The molecule has 2 aromatic carbocycles. The quantitative estimate of drug-likeness (QED) is 0.681. The summed E-state index contributed by atoms with van der Waals surface area (Å²) in [6.07, 6.45) is 1.49. The highest BCUT2D eigenvalue weighted by Crippen LogP contribution is 2.34. The summed E-state index contributed by atoms with van der Waals surface area (Å²) in [7, 11) is 3.10. The molecule has 3 aromatic rings. The third-order valence-corrected chi connectivity index (χ3v) is 4.22. The first-order valence-corrected chi connectivity index (χ1v) is 8.58. The van der Waals surface area contributed by atoms with E-state index in [1.807, 2.05) is 0 Å². The fourth-order valence-corrected chi connectivity index (χ4v) is 2.70. The van der Waals surface area contributed by atoms with Crippen LogP contribution >= 0.6 is 0 Å². The number of aromatic nitrogens is 1. The monoisotopic (exact) mass is 400 g/mol. The molecule has 0 atom stereocenters. The molecular weight excluding hydrogens is 382 g/mol. The van der Waals surface area contributed by atoms with E-state index in [-0.39, 0.29) is 16.9 Å². The molecule has 1 amide bonds. The lowest BCUT2D eigenvalue weighted by molar-refractivity contribution is -0.0494. The fraction of sp³-hybridized carbons (Fsp3) is 0.143. The number of ether oxygens (including phenoxy) is 2. The van der Waals surface area contributed by atoms with Crippen LogP contribution in [0, 0.1) is 0 Å². The number of hydrogen-bond donors (Lipinski definition) is 1. The molecule has 1 aromatic heterocycles. The third-order valence-electron chi connectivity index (χ3n) is 4.22. The van der Waals surface area contributed by atoms with Crippen LogP contribution in [0.2, 0.25) is 0 Å². The molecular formula is C21H18F2N2O4. The average molecular weight is 400 g/mol. The van der Waals surface area contributed by atoms with Crippen LogP contribution in [0.5, 0.6) is 11.5 Å². The summed E-state index contributed by atoms with van der Waals surface area (Å²) < 4.78 is 36.6. The number of methoxy groups -OCH3 is 1. The normalized spacial score (nSPS) is 10.7. The molecule has 0 unspecified atom stereocenters. The number of carbonyl (C=O) groups is 1. The van der Waals surface area contributed by atoms with Crippen LogP contribution in [0.25, 0.3) is 11.1 Å². The van der Waals surface area contributed by atoms with Crippen molar-refractivity contribution in [2.45, 2.75) is 6.61 Å². The Morgan fingerprint density at radius 2 is 1.79 bits per heavy atom. The Morgan fingerprint density at radius 3 is 2.41 bits per heavy atom. The third kappa shape index (κ3) is 4.78. The number of carbonyl (C=O) groups excluding carboxylic acids is 1. The molecule has 1 N–H and O–H groups in total. The van der Waals surface area contributed by atoms with Crippen LogP contribution in [0.3, 0.4) is 0 Å². The maximum Gasteiger partial charge on any atom is 0.387 e. The van der Waals surface area contributed by atoms with Gasteiger partial charge in [-0.1, -0.05) is 12.1 Å². The molecule has 0 aliphatic carbocycles. The van der Waals surface area contributed by atoms with Crippen molar-refractivity contribution in [1.82, 2.24) is 4.57 Å². The van der Waals surface area contributed by atoms with Gasteiger partial charge >= 0.3 is 6.61 Å². The van der Waals surface area contributed by atoms with E-state index in [4.69, 9.17) is 4.74 Å². The van der Waals surface area contributed by atoms with Crippen LogP contribution in [-0.2, 0) is 7.05 Å². The lowest BCUT2D eigenvalue weighted by Gasteiger charge is -2.14. The van der Waals surface area contributed by atoms with E-state index in [0.717, 1.165) is 0 Å². The summed E-state index contributed by atoms with van der Waals surface area (Å²) in [5, 5.41) is 2.66. The molecule has 29 heavy (non-hydrogen) atoms. The van der Waals surface area contributed by atoms with Crippen molar-refractivity contribution in [2.24, 2.45) is 7.05 Å². The molecule has 1 heterocycles. The highest BCUT2D eigenvalue weighted by atomic mass is 19.3. The molecule has 0 aliphatic rings. The number of nitrogens with zero attached hydrogens (tertiary/aromatic N) is 1. The summed E-state index contributed by atoms with van der Waals surface area (Å²) in [5.41, 5.74) is 1.20. The molecule has 0 radical (unpaired) electrons. The first kappa shape index (κ1) is 20.1. The molecule has 0 bridgehead atoms.